The first-order valence-electron chi connectivity index (χ1n) is 3.07. The molecule has 0 spiro atoms. The number of hydrogen-bond donors (Lipinski definition) is 0. The molecule has 0 unspecified atom stereocenters. The van der Waals surface area contributed by atoms with Crippen LogP contribution >= 0.6 is 0 Å². The van der Waals surface area contributed by atoms with Crippen LogP contribution in [0.2, 0.25) is 0 Å². The lowest BCUT2D eigenvalue weighted by Crippen LogP contribution is -2.20. The number of oxime groups is 1. The summed E-state index contributed by atoms with van der Waals surface area (Å²) in [5.74, 6) is -0.381. The molecule has 0 aliphatic heterocycles. The van der Waals surface area contributed by atoms with Gasteiger partial charge in [0.2, 0.25) is 0 Å². The summed E-state index contributed by atoms with van der Waals surface area (Å²) >= 11 is 0. The second kappa shape index (κ2) is 4.08. The van der Waals surface area contributed by atoms with Gasteiger partial charge >= 0.3 is 6.18 Å². The monoisotopic (exact) mass is 183 g/mol. The van der Waals surface area contributed by atoms with E-state index >= 15 is 0 Å². The Morgan fingerprint density at radius 2 is 1.92 bits per heavy atom. The SMILES string of the molecule is CC(=O)CON=C(C)C(F)(F)F. The van der Waals surface area contributed by atoms with Crippen molar-refractivity contribution in [3.63, 3.8) is 0 Å². The van der Waals surface area contributed by atoms with Gasteiger partial charge in [0.1, 0.15) is 0 Å². The lowest BCUT2D eigenvalue weighted by Gasteiger charge is -2.03. The minimum Gasteiger partial charge on any atom is -0.388 e. The van der Waals surface area contributed by atoms with Crippen LogP contribution in [0.4, 0.5) is 13.2 Å². The van der Waals surface area contributed by atoms with E-state index in [0.29, 0.717) is 0 Å². The topological polar surface area (TPSA) is 38.7 Å². The number of carbonyl (C=O) groups excluding carboxylic acids is 1. The number of carbonyl (C=O) groups is 1. The minimum atomic E-state index is -4.49. The normalized spacial score (nSPS) is 12.9. The summed E-state index contributed by atoms with van der Waals surface area (Å²) in [6.45, 7) is 1.52. The van der Waals surface area contributed by atoms with Crippen molar-refractivity contribution in [2.75, 3.05) is 6.61 Å². The van der Waals surface area contributed by atoms with Gasteiger partial charge in [-0.15, -0.1) is 0 Å². The lowest BCUT2D eigenvalue weighted by atomic mass is 10.4. The Kier molecular flexibility index (Phi) is 3.72. The standard InChI is InChI=1S/C6H8F3NO2/c1-4(11)3-12-10-5(2)6(7,8)9/h3H2,1-2H3. The van der Waals surface area contributed by atoms with Crippen LogP contribution in [0.5, 0.6) is 0 Å². The fraction of sp³-hybridized carbons (Fsp3) is 0.667. The summed E-state index contributed by atoms with van der Waals surface area (Å²) in [5.41, 5.74) is -1.11. The quantitative estimate of drug-likeness (QED) is 0.491. The van der Waals surface area contributed by atoms with Gasteiger partial charge in [0.05, 0.1) is 0 Å². The van der Waals surface area contributed by atoms with Crippen molar-refractivity contribution in [2.45, 2.75) is 20.0 Å². The van der Waals surface area contributed by atoms with Gasteiger partial charge in [0.25, 0.3) is 0 Å². The third kappa shape index (κ3) is 4.70. The molecule has 0 aromatic rings. The van der Waals surface area contributed by atoms with E-state index in [9.17, 15) is 18.0 Å². The molecular weight excluding hydrogens is 175 g/mol. The van der Waals surface area contributed by atoms with Crippen molar-refractivity contribution >= 4 is 11.5 Å². The second-order valence-corrected chi connectivity index (χ2v) is 2.15. The van der Waals surface area contributed by atoms with Crippen LogP contribution in [0, 0.1) is 0 Å². The molecule has 6 heteroatoms. The molecule has 0 aromatic heterocycles. The molecule has 3 nitrogen and oxygen atoms in total. The zero-order valence-corrected chi connectivity index (χ0v) is 6.60. The number of nitrogens with zero attached hydrogens (tertiary/aromatic N) is 1. The zero-order chi connectivity index (χ0) is 9.78. The highest BCUT2D eigenvalue weighted by atomic mass is 19.4. The predicted molar refractivity (Wildman–Crippen MR) is 35.8 cm³/mol. The molecule has 0 saturated heterocycles. The first-order chi connectivity index (χ1) is 5.34. The molecule has 12 heavy (non-hydrogen) atoms. The number of hydrogen-bond acceptors (Lipinski definition) is 3. The van der Waals surface area contributed by atoms with Crippen LogP contribution in [-0.2, 0) is 9.63 Å². The molecule has 0 amide bonds. The molecule has 0 N–H and O–H groups in total. The molecule has 0 aliphatic rings. The van der Waals surface area contributed by atoms with E-state index in [1.165, 1.54) is 6.92 Å². The highest BCUT2D eigenvalue weighted by Gasteiger charge is 2.32. The van der Waals surface area contributed by atoms with E-state index in [1.807, 2.05) is 0 Å². The number of ketones is 1. The molecule has 0 bridgehead atoms. The first-order valence-corrected chi connectivity index (χ1v) is 3.07. The van der Waals surface area contributed by atoms with Crippen LogP contribution in [-0.4, -0.2) is 24.3 Å². The Labute approximate surface area is 67.2 Å². The van der Waals surface area contributed by atoms with Gasteiger partial charge in [0, 0.05) is 0 Å². The second-order valence-electron chi connectivity index (χ2n) is 2.15. The van der Waals surface area contributed by atoms with Gasteiger partial charge in [-0.1, -0.05) is 5.16 Å². The molecule has 0 rings (SSSR count). The third-order valence-electron chi connectivity index (χ3n) is 0.880. The van der Waals surface area contributed by atoms with E-state index in [-0.39, 0.29) is 5.78 Å². The third-order valence-corrected chi connectivity index (χ3v) is 0.880. The van der Waals surface area contributed by atoms with Gasteiger partial charge < -0.3 is 4.84 Å². The number of rotatable bonds is 3. The Bertz CT molecular complexity index is 197. The molecule has 70 valence electrons. The van der Waals surface area contributed by atoms with Crippen LogP contribution in [0.3, 0.4) is 0 Å². The van der Waals surface area contributed by atoms with E-state index in [4.69, 9.17) is 0 Å². The highest BCUT2D eigenvalue weighted by molar-refractivity contribution is 5.86. The van der Waals surface area contributed by atoms with Gasteiger partial charge in [-0.25, -0.2) is 0 Å². The fourth-order valence-electron chi connectivity index (χ4n) is 0.272. The first kappa shape index (κ1) is 10.9. The van der Waals surface area contributed by atoms with Crippen molar-refractivity contribution in [1.29, 1.82) is 0 Å². The molecule has 0 heterocycles. The maximum Gasteiger partial charge on any atom is 0.432 e. The maximum atomic E-state index is 11.7. The average Bonchev–Trinajstić information content (AvgIpc) is 1.84. The molecule has 0 aliphatic carbocycles. The van der Waals surface area contributed by atoms with Crippen molar-refractivity contribution in [2.24, 2.45) is 5.16 Å². The smallest absolute Gasteiger partial charge is 0.388 e. The molecule has 0 atom stereocenters. The molecule has 0 aromatic carbocycles. The van der Waals surface area contributed by atoms with Crippen molar-refractivity contribution in [3.8, 4) is 0 Å². The van der Waals surface area contributed by atoms with E-state index < -0.39 is 18.5 Å². The summed E-state index contributed by atoms with van der Waals surface area (Å²) in [7, 11) is 0. The Hall–Kier alpha value is -1.07. The summed E-state index contributed by atoms with van der Waals surface area (Å²) in [6.07, 6.45) is -4.49. The van der Waals surface area contributed by atoms with Gasteiger partial charge in [0.15, 0.2) is 18.1 Å². The van der Waals surface area contributed by atoms with Gasteiger partial charge in [-0.05, 0) is 13.8 Å². The Morgan fingerprint density at radius 1 is 1.42 bits per heavy atom. The van der Waals surface area contributed by atoms with Crippen LogP contribution in [0.25, 0.3) is 0 Å². The maximum absolute atomic E-state index is 11.7. The van der Waals surface area contributed by atoms with E-state index in [0.717, 1.165) is 6.92 Å². The van der Waals surface area contributed by atoms with Crippen LogP contribution in [0.1, 0.15) is 13.8 Å². The summed E-state index contributed by atoms with van der Waals surface area (Å²) < 4.78 is 35.0. The van der Waals surface area contributed by atoms with E-state index in [1.54, 1.807) is 0 Å². The Morgan fingerprint density at radius 3 is 2.25 bits per heavy atom. The van der Waals surface area contributed by atoms with Crippen molar-refractivity contribution in [1.82, 2.24) is 0 Å². The largest absolute Gasteiger partial charge is 0.432 e. The van der Waals surface area contributed by atoms with E-state index in [2.05, 4.69) is 9.99 Å². The van der Waals surface area contributed by atoms with Crippen LogP contribution < -0.4 is 0 Å². The highest BCUT2D eigenvalue weighted by Crippen LogP contribution is 2.16. The number of alkyl halides is 3. The minimum absolute atomic E-state index is 0.381. The van der Waals surface area contributed by atoms with Gasteiger partial charge in [-0.2, -0.15) is 13.2 Å². The average molecular weight is 183 g/mol. The van der Waals surface area contributed by atoms with Crippen molar-refractivity contribution < 1.29 is 22.8 Å². The molecule has 0 radical (unpaired) electrons. The van der Waals surface area contributed by atoms with Crippen molar-refractivity contribution in [3.05, 3.63) is 0 Å². The van der Waals surface area contributed by atoms with Gasteiger partial charge in [-0.3, -0.25) is 4.79 Å². The lowest BCUT2D eigenvalue weighted by molar-refractivity contribution is -0.121. The summed E-state index contributed by atoms with van der Waals surface area (Å²) in [6, 6.07) is 0. The van der Waals surface area contributed by atoms with Crippen LogP contribution in [0.15, 0.2) is 5.16 Å². The molecule has 0 fully saturated rings. The number of Topliss-reactive ketones (excluding diaryl/α,β-unsaturated/α-hetero) is 1. The number of halogens is 3. The predicted octanol–water partition coefficient (Wildman–Crippen LogP) is 1.53. The summed E-state index contributed by atoms with van der Waals surface area (Å²) in [4.78, 5) is 14.3. The molecular formula is C6H8F3NO2. The molecule has 0 saturated carbocycles. The summed E-state index contributed by atoms with van der Waals surface area (Å²) in [5, 5.41) is 2.71. The fourth-order valence-corrected chi connectivity index (χ4v) is 0.272. The zero-order valence-electron chi connectivity index (χ0n) is 6.60. The Balaban J connectivity index is 3.94.